The van der Waals surface area contributed by atoms with E-state index in [0.717, 1.165) is 20.6 Å². The molecule has 0 saturated carbocycles. The van der Waals surface area contributed by atoms with Crippen LogP contribution in [0.3, 0.4) is 0 Å². The van der Waals surface area contributed by atoms with Crippen LogP contribution in [0.1, 0.15) is 22.8 Å². The van der Waals surface area contributed by atoms with Crippen LogP contribution in [0.5, 0.6) is 0 Å². The molecular formula is C19H15BrN2O2S. The summed E-state index contributed by atoms with van der Waals surface area (Å²) in [6, 6.07) is 17.4. The average molecular weight is 415 g/mol. The highest BCUT2D eigenvalue weighted by Crippen LogP contribution is 2.44. The van der Waals surface area contributed by atoms with Crippen LogP contribution in [0, 0.1) is 0 Å². The van der Waals surface area contributed by atoms with E-state index in [9.17, 15) is 9.59 Å². The van der Waals surface area contributed by atoms with E-state index >= 15 is 0 Å². The van der Waals surface area contributed by atoms with E-state index in [1.807, 2.05) is 54.6 Å². The first-order valence-corrected chi connectivity index (χ1v) is 9.50. The Morgan fingerprint density at radius 3 is 2.56 bits per heavy atom. The summed E-state index contributed by atoms with van der Waals surface area (Å²) < 4.78 is 2.54. The van der Waals surface area contributed by atoms with Crippen LogP contribution in [-0.4, -0.2) is 10.5 Å². The third kappa shape index (κ3) is 2.75. The third-order valence-electron chi connectivity index (χ3n) is 4.43. The van der Waals surface area contributed by atoms with Gasteiger partial charge in [-0.3, -0.25) is 19.1 Å². The standard InChI is InChI=1S/C19H15BrN2O2S/c1-21-18-17(25-19(21)24)15(12-6-5-7-13(20)10-12)11-16(23)22(18)14-8-3-2-4-9-14/h2-10,15H,11H2,1H3/t15-/m1/s1. The molecule has 1 aliphatic heterocycles. The number of rotatable bonds is 2. The normalized spacial score (nSPS) is 16.8. The van der Waals surface area contributed by atoms with Crippen molar-refractivity contribution in [2.24, 2.45) is 7.05 Å². The van der Waals surface area contributed by atoms with Gasteiger partial charge in [-0.1, -0.05) is 57.6 Å². The van der Waals surface area contributed by atoms with Crippen molar-refractivity contribution in [3.8, 4) is 0 Å². The number of aromatic nitrogens is 1. The van der Waals surface area contributed by atoms with Crippen molar-refractivity contribution in [2.45, 2.75) is 12.3 Å². The lowest BCUT2D eigenvalue weighted by atomic mass is 9.90. The van der Waals surface area contributed by atoms with Gasteiger partial charge >= 0.3 is 4.87 Å². The first-order chi connectivity index (χ1) is 12.1. The van der Waals surface area contributed by atoms with Crippen molar-refractivity contribution in [3.05, 3.63) is 79.2 Å². The fraction of sp³-hybridized carbons (Fsp3) is 0.158. The number of hydrogen-bond donors (Lipinski definition) is 0. The van der Waals surface area contributed by atoms with Crippen LogP contribution < -0.4 is 9.77 Å². The summed E-state index contributed by atoms with van der Waals surface area (Å²) in [5, 5.41) is 0. The van der Waals surface area contributed by atoms with Crippen molar-refractivity contribution < 1.29 is 4.79 Å². The number of anilines is 2. The first kappa shape index (κ1) is 16.3. The Bertz CT molecular complexity index is 1010. The molecule has 0 aliphatic carbocycles. The Morgan fingerprint density at radius 2 is 1.84 bits per heavy atom. The Hall–Kier alpha value is -2.18. The van der Waals surface area contributed by atoms with Gasteiger partial charge in [0.05, 0.1) is 10.6 Å². The van der Waals surface area contributed by atoms with Crippen molar-refractivity contribution in [2.75, 3.05) is 4.90 Å². The van der Waals surface area contributed by atoms with Gasteiger partial charge in [0.15, 0.2) is 0 Å². The Morgan fingerprint density at radius 1 is 1.08 bits per heavy atom. The number of nitrogens with zero attached hydrogens (tertiary/aromatic N) is 2. The highest BCUT2D eigenvalue weighted by Gasteiger charge is 2.37. The van der Waals surface area contributed by atoms with E-state index in [1.54, 1.807) is 16.5 Å². The zero-order valence-electron chi connectivity index (χ0n) is 13.5. The van der Waals surface area contributed by atoms with E-state index in [1.165, 1.54) is 11.3 Å². The van der Waals surface area contributed by atoms with Gasteiger partial charge in [-0.2, -0.15) is 0 Å². The van der Waals surface area contributed by atoms with E-state index in [4.69, 9.17) is 0 Å². The molecule has 2 aromatic carbocycles. The number of fused-ring (bicyclic) bond motifs is 1. The third-order valence-corrected chi connectivity index (χ3v) is 6.06. The van der Waals surface area contributed by atoms with Crippen LogP contribution in [0.4, 0.5) is 11.5 Å². The number of amides is 1. The lowest BCUT2D eigenvalue weighted by Crippen LogP contribution is -2.34. The number of carbonyl (C=O) groups is 1. The van der Waals surface area contributed by atoms with E-state index in [2.05, 4.69) is 15.9 Å². The quantitative estimate of drug-likeness (QED) is 0.622. The van der Waals surface area contributed by atoms with E-state index in [0.29, 0.717) is 12.2 Å². The summed E-state index contributed by atoms with van der Waals surface area (Å²) in [5.41, 5.74) is 1.83. The van der Waals surface area contributed by atoms with Gasteiger partial charge < -0.3 is 0 Å². The number of benzene rings is 2. The summed E-state index contributed by atoms with van der Waals surface area (Å²) in [7, 11) is 1.73. The smallest absolute Gasteiger partial charge is 0.288 e. The predicted octanol–water partition coefficient (Wildman–Crippen LogP) is 4.41. The van der Waals surface area contributed by atoms with Gasteiger partial charge in [0, 0.05) is 23.9 Å². The highest BCUT2D eigenvalue weighted by molar-refractivity contribution is 9.10. The second-order valence-electron chi connectivity index (χ2n) is 5.99. The van der Waals surface area contributed by atoms with Crippen LogP contribution in [0.25, 0.3) is 0 Å². The lowest BCUT2D eigenvalue weighted by Gasteiger charge is -2.32. The van der Waals surface area contributed by atoms with Crippen LogP contribution in [0.15, 0.2) is 63.9 Å². The molecule has 1 aromatic heterocycles. The molecule has 0 spiro atoms. The second kappa shape index (κ2) is 6.28. The van der Waals surface area contributed by atoms with Crippen molar-refractivity contribution in [1.29, 1.82) is 0 Å². The van der Waals surface area contributed by atoms with E-state index in [-0.39, 0.29) is 16.7 Å². The molecule has 0 bridgehead atoms. The molecule has 1 amide bonds. The van der Waals surface area contributed by atoms with Gasteiger partial charge in [0.25, 0.3) is 0 Å². The Balaban J connectivity index is 1.92. The molecule has 3 aromatic rings. The summed E-state index contributed by atoms with van der Waals surface area (Å²) >= 11 is 4.72. The molecule has 4 nitrogen and oxygen atoms in total. The fourth-order valence-electron chi connectivity index (χ4n) is 3.26. The highest BCUT2D eigenvalue weighted by atomic mass is 79.9. The fourth-order valence-corrected chi connectivity index (χ4v) is 4.77. The molecule has 6 heteroatoms. The number of halogens is 1. The van der Waals surface area contributed by atoms with E-state index < -0.39 is 0 Å². The van der Waals surface area contributed by atoms with Crippen molar-refractivity contribution in [3.63, 3.8) is 0 Å². The predicted molar refractivity (Wildman–Crippen MR) is 104 cm³/mol. The van der Waals surface area contributed by atoms with Gasteiger partial charge in [-0.05, 0) is 29.8 Å². The molecule has 1 atom stereocenters. The first-order valence-electron chi connectivity index (χ1n) is 7.89. The van der Waals surface area contributed by atoms with Gasteiger partial charge in [-0.25, -0.2) is 0 Å². The molecule has 0 fully saturated rings. The summed E-state index contributed by atoms with van der Waals surface area (Å²) in [6.07, 6.45) is 0.346. The topological polar surface area (TPSA) is 42.3 Å². The van der Waals surface area contributed by atoms with Crippen LogP contribution in [-0.2, 0) is 11.8 Å². The number of carbonyl (C=O) groups excluding carboxylic acids is 1. The van der Waals surface area contributed by atoms with Crippen LogP contribution in [0.2, 0.25) is 0 Å². The lowest BCUT2D eigenvalue weighted by molar-refractivity contribution is -0.118. The maximum Gasteiger partial charge on any atom is 0.308 e. The largest absolute Gasteiger partial charge is 0.308 e. The summed E-state index contributed by atoms with van der Waals surface area (Å²) in [5.74, 6) is 0.582. The molecule has 0 radical (unpaired) electrons. The molecule has 1 aliphatic rings. The van der Waals surface area contributed by atoms with Gasteiger partial charge in [-0.15, -0.1) is 0 Å². The molecule has 126 valence electrons. The number of hydrogen-bond acceptors (Lipinski definition) is 3. The molecule has 0 N–H and O–H groups in total. The number of thiazole rings is 1. The maximum absolute atomic E-state index is 13.0. The molecule has 4 rings (SSSR count). The SMILES string of the molecule is Cn1c2c(sc1=O)[C@@H](c1cccc(Br)c1)CC(=O)N2c1ccccc1. The summed E-state index contributed by atoms with van der Waals surface area (Å²) in [4.78, 5) is 27.9. The molecule has 0 saturated heterocycles. The molecule has 0 unspecified atom stereocenters. The summed E-state index contributed by atoms with van der Waals surface area (Å²) in [6.45, 7) is 0. The minimum Gasteiger partial charge on any atom is -0.288 e. The Labute approximate surface area is 157 Å². The Kier molecular flexibility index (Phi) is 4.09. The van der Waals surface area contributed by atoms with Crippen molar-refractivity contribution >= 4 is 44.7 Å². The number of para-hydroxylation sites is 1. The molecule has 25 heavy (non-hydrogen) atoms. The van der Waals surface area contributed by atoms with Crippen molar-refractivity contribution in [1.82, 2.24) is 4.57 Å². The monoisotopic (exact) mass is 414 g/mol. The van der Waals surface area contributed by atoms with Crippen LogP contribution >= 0.6 is 27.3 Å². The van der Waals surface area contributed by atoms with Gasteiger partial charge in [0.1, 0.15) is 5.82 Å². The van der Waals surface area contributed by atoms with Gasteiger partial charge in [0.2, 0.25) is 5.91 Å². The minimum absolute atomic E-state index is 0.00271. The minimum atomic E-state index is -0.0983. The zero-order valence-corrected chi connectivity index (χ0v) is 15.9. The average Bonchev–Trinajstić information content (AvgIpc) is 2.90. The zero-order chi connectivity index (χ0) is 17.6. The second-order valence-corrected chi connectivity index (χ2v) is 7.90. The maximum atomic E-state index is 13.0. The molecule has 2 heterocycles. The molecular weight excluding hydrogens is 400 g/mol.